The number of halogens is 2. The molecule has 2 aromatic rings. The number of ether oxygens (including phenoxy) is 2. The Hall–Kier alpha value is -2.54. The number of rotatable bonds is 4. The van der Waals surface area contributed by atoms with Gasteiger partial charge in [-0.15, -0.1) is 0 Å². The van der Waals surface area contributed by atoms with Crippen molar-refractivity contribution in [2.45, 2.75) is 19.3 Å². The van der Waals surface area contributed by atoms with Crippen molar-refractivity contribution in [3.63, 3.8) is 0 Å². The fourth-order valence-corrected chi connectivity index (χ4v) is 5.09. The monoisotopic (exact) mass is 446 g/mol. The third-order valence-corrected chi connectivity index (χ3v) is 6.42. The largest absolute Gasteiger partial charge is 0.468 e. The molecule has 0 radical (unpaired) electrons. The Morgan fingerprint density at radius 1 is 1.21 bits per heavy atom. The predicted molar refractivity (Wildman–Crippen MR) is 100 cm³/mol. The number of hydrogen-bond acceptors (Lipinski definition) is 5. The second-order valence-corrected chi connectivity index (χ2v) is 7.88. The van der Waals surface area contributed by atoms with Gasteiger partial charge < -0.3 is 9.47 Å². The van der Waals surface area contributed by atoms with Crippen LogP contribution in [0, 0.1) is 16.6 Å². The minimum absolute atomic E-state index is 0.212. The molecule has 1 heterocycles. The van der Waals surface area contributed by atoms with Crippen LogP contribution in [0.1, 0.15) is 35.2 Å². The molecule has 2 aromatic carbocycles. The molecular weight excluding hydrogens is 431 g/mol. The van der Waals surface area contributed by atoms with Gasteiger partial charge in [-0.2, -0.15) is 0 Å². The van der Waals surface area contributed by atoms with Crippen molar-refractivity contribution in [3.8, 4) is 5.75 Å². The molecule has 0 unspecified atom stereocenters. The predicted octanol–water partition coefficient (Wildman–Crippen LogP) is 4.04. The summed E-state index contributed by atoms with van der Waals surface area (Å²) in [5, 5.41) is 0. The van der Waals surface area contributed by atoms with Crippen LogP contribution in [0.15, 0.2) is 46.9 Å². The van der Waals surface area contributed by atoms with Crippen molar-refractivity contribution in [2.75, 3.05) is 7.11 Å². The van der Waals surface area contributed by atoms with E-state index in [1.165, 1.54) is 31.4 Å². The van der Waals surface area contributed by atoms with E-state index in [0.717, 1.165) is 4.47 Å². The molecule has 0 aromatic heterocycles. The smallest absolute Gasteiger partial charge is 0.330 e. The fourth-order valence-electron chi connectivity index (χ4n) is 4.71. The lowest BCUT2D eigenvalue weighted by atomic mass is 9.83. The maximum Gasteiger partial charge on any atom is 0.330 e. The van der Waals surface area contributed by atoms with Gasteiger partial charge in [0.15, 0.2) is 11.2 Å². The molecule has 144 valence electrons. The number of Topliss-reactive ketones (excluding diaryl/α,β-unsaturated/α-hetero) is 1. The summed E-state index contributed by atoms with van der Waals surface area (Å²) < 4.78 is 24.5. The number of benzene rings is 2. The number of carbonyl (C=O) groups is 3. The highest BCUT2D eigenvalue weighted by Gasteiger charge is 2.90. The third kappa shape index (κ3) is 2.13. The highest BCUT2D eigenvalue weighted by Crippen LogP contribution is 2.80. The summed E-state index contributed by atoms with van der Waals surface area (Å²) in [6.07, 6.45) is 0.212. The van der Waals surface area contributed by atoms with E-state index < -0.39 is 40.3 Å². The summed E-state index contributed by atoms with van der Waals surface area (Å²) in [7, 11) is 1.18. The lowest BCUT2D eigenvalue weighted by Crippen LogP contribution is -2.40. The topological polar surface area (TPSA) is 69.7 Å². The van der Waals surface area contributed by atoms with Gasteiger partial charge >= 0.3 is 11.9 Å². The first-order valence-electron chi connectivity index (χ1n) is 8.75. The number of methoxy groups -OCH3 is 1. The van der Waals surface area contributed by atoms with Crippen LogP contribution in [-0.4, -0.2) is 24.8 Å². The molecule has 4 rings (SSSR count). The molecule has 0 bridgehead atoms. The van der Waals surface area contributed by atoms with Crippen molar-refractivity contribution in [1.82, 2.24) is 0 Å². The molecule has 7 heteroatoms. The molecule has 3 atom stereocenters. The zero-order valence-corrected chi connectivity index (χ0v) is 16.7. The van der Waals surface area contributed by atoms with Gasteiger partial charge in [0.1, 0.15) is 11.6 Å². The third-order valence-electron chi connectivity index (χ3n) is 5.93. The zero-order valence-electron chi connectivity index (χ0n) is 15.1. The average Bonchev–Trinajstić information content (AvgIpc) is 3.35. The molecule has 28 heavy (non-hydrogen) atoms. The Kier molecular flexibility index (Phi) is 4.19. The SMILES string of the molecule is CC[C@@]1(C(=O)c2ccc(F)cc2)[C@@H]2c3cc(Br)ccc3OC(=O)[C@@]21C(=O)OC. The summed E-state index contributed by atoms with van der Waals surface area (Å²) in [4.78, 5) is 39.4. The first kappa shape index (κ1) is 18.8. The van der Waals surface area contributed by atoms with E-state index in [4.69, 9.17) is 9.47 Å². The maximum atomic E-state index is 13.6. The van der Waals surface area contributed by atoms with Gasteiger partial charge in [-0.05, 0) is 48.9 Å². The van der Waals surface area contributed by atoms with E-state index >= 15 is 0 Å². The van der Waals surface area contributed by atoms with E-state index in [9.17, 15) is 18.8 Å². The highest BCUT2D eigenvalue weighted by atomic mass is 79.9. The first-order valence-corrected chi connectivity index (χ1v) is 9.54. The van der Waals surface area contributed by atoms with Crippen LogP contribution < -0.4 is 4.74 Å². The van der Waals surface area contributed by atoms with Crippen LogP contribution in [0.5, 0.6) is 5.75 Å². The molecule has 1 aliphatic heterocycles. The van der Waals surface area contributed by atoms with E-state index in [2.05, 4.69) is 15.9 Å². The summed E-state index contributed by atoms with van der Waals surface area (Å²) in [5.74, 6) is -2.88. The average molecular weight is 447 g/mol. The van der Waals surface area contributed by atoms with Crippen molar-refractivity contribution in [2.24, 2.45) is 10.8 Å². The molecule has 0 spiro atoms. The number of ketones is 1. The number of fused-ring (bicyclic) bond motifs is 3. The van der Waals surface area contributed by atoms with Gasteiger partial charge in [0.25, 0.3) is 0 Å². The molecule has 2 aliphatic rings. The minimum atomic E-state index is -1.75. The van der Waals surface area contributed by atoms with Crippen LogP contribution in [0.4, 0.5) is 4.39 Å². The minimum Gasteiger partial charge on any atom is -0.468 e. The molecule has 0 saturated heterocycles. The highest BCUT2D eigenvalue weighted by molar-refractivity contribution is 9.10. The van der Waals surface area contributed by atoms with Crippen LogP contribution in [-0.2, 0) is 14.3 Å². The van der Waals surface area contributed by atoms with Crippen LogP contribution in [0.25, 0.3) is 0 Å². The first-order chi connectivity index (χ1) is 13.3. The van der Waals surface area contributed by atoms with Gasteiger partial charge in [0.05, 0.1) is 12.5 Å². The van der Waals surface area contributed by atoms with E-state index in [-0.39, 0.29) is 12.0 Å². The summed E-state index contributed by atoms with van der Waals surface area (Å²) in [6, 6.07) is 10.2. The van der Waals surface area contributed by atoms with Crippen LogP contribution >= 0.6 is 15.9 Å². The lowest BCUT2D eigenvalue weighted by molar-refractivity contribution is -0.160. The Morgan fingerprint density at radius 3 is 2.50 bits per heavy atom. The normalized spacial score (nSPS) is 27.3. The number of carbonyl (C=O) groups excluding carboxylic acids is 3. The maximum absolute atomic E-state index is 13.6. The standard InChI is InChI=1S/C21H16BrFO5/c1-3-20(17(24)11-4-7-13(23)8-5-11)16-14-10-12(22)6-9-15(14)28-19(26)21(16,20)18(25)27-2/h4-10,16H,3H2,1-2H3/t16-,20-,21-/m0/s1. The molecular formula is C21H16BrFO5. The van der Waals surface area contributed by atoms with Gasteiger partial charge in [0, 0.05) is 21.5 Å². The van der Waals surface area contributed by atoms with Crippen LogP contribution in [0.3, 0.4) is 0 Å². The Balaban J connectivity index is 1.95. The molecule has 0 amide bonds. The lowest BCUT2D eigenvalue weighted by Gasteiger charge is -2.22. The van der Waals surface area contributed by atoms with Crippen molar-refractivity contribution < 1.29 is 28.2 Å². The number of esters is 2. The van der Waals surface area contributed by atoms with Crippen molar-refractivity contribution >= 4 is 33.7 Å². The summed E-state index contributed by atoms with van der Waals surface area (Å²) in [5.41, 5.74) is -2.29. The Morgan fingerprint density at radius 2 is 1.89 bits per heavy atom. The molecule has 1 fully saturated rings. The van der Waals surface area contributed by atoms with Crippen molar-refractivity contribution in [1.29, 1.82) is 0 Å². The van der Waals surface area contributed by atoms with Gasteiger partial charge in [-0.3, -0.25) is 14.4 Å². The van der Waals surface area contributed by atoms with Crippen LogP contribution in [0.2, 0.25) is 0 Å². The molecule has 1 saturated carbocycles. The Bertz CT molecular complexity index is 1020. The van der Waals surface area contributed by atoms with Gasteiger partial charge in [-0.1, -0.05) is 22.9 Å². The summed E-state index contributed by atoms with van der Waals surface area (Å²) in [6.45, 7) is 1.75. The van der Waals surface area contributed by atoms with Gasteiger partial charge in [-0.25, -0.2) is 4.39 Å². The fraction of sp³-hybridized carbons (Fsp3) is 0.286. The summed E-state index contributed by atoms with van der Waals surface area (Å²) >= 11 is 3.39. The molecule has 5 nitrogen and oxygen atoms in total. The quantitative estimate of drug-likeness (QED) is 0.306. The number of hydrogen-bond donors (Lipinski definition) is 0. The molecule has 0 N–H and O–H groups in total. The van der Waals surface area contributed by atoms with Gasteiger partial charge in [0.2, 0.25) is 0 Å². The van der Waals surface area contributed by atoms with E-state index in [0.29, 0.717) is 11.3 Å². The second kappa shape index (κ2) is 6.24. The van der Waals surface area contributed by atoms with Crippen molar-refractivity contribution in [3.05, 3.63) is 63.9 Å². The second-order valence-electron chi connectivity index (χ2n) is 6.97. The van der Waals surface area contributed by atoms with E-state index in [1.54, 1.807) is 25.1 Å². The zero-order chi connectivity index (χ0) is 20.3. The van der Waals surface area contributed by atoms with E-state index in [1.807, 2.05) is 0 Å². The Labute approximate surface area is 169 Å². The molecule has 1 aliphatic carbocycles.